The van der Waals surface area contributed by atoms with Crippen molar-refractivity contribution in [1.82, 2.24) is 4.98 Å². The first-order valence-corrected chi connectivity index (χ1v) is 6.55. The Labute approximate surface area is 116 Å². The third-order valence-corrected chi connectivity index (χ3v) is 4.02. The molecule has 1 atom stereocenters. The van der Waals surface area contributed by atoms with Crippen molar-refractivity contribution in [2.75, 3.05) is 11.4 Å². The van der Waals surface area contributed by atoms with Gasteiger partial charge in [-0.05, 0) is 32.3 Å². The molecule has 0 amide bonds. The fraction of sp³-hybridized carbons (Fsp3) is 0.538. The molecule has 1 fully saturated rings. The molecular formula is C13H17N3O4. The first kappa shape index (κ1) is 14.2. The Balaban J connectivity index is 2.59. The van der Waals surface area contributed by atoms with Crippen molar-refractivity contribution in [3.63, 3.8) is 0 Å². The number of pyridine rings is 1. The van der Waals surface area contributed by atoms with Crippen LogP contribution in [0.1, 0.15) is 31.7 Å². The number of aromatic nitrogens is 1. The summed E-state index contributed by atoms with van der Waals surface area (Å²) in [6.07, 6.45) is 3.03. The number of hydrogen-bond acceptors (Lipinski definition) is 5. The predicted molar refractivity (Wildman–Crippen MR) is 72.9 cm³/mol. The van der Waals surface area contributed by atoms with E-state index in [4.69, 9.17) is 0 Å². The zero-order valence-electron chi connectivity index (χ0n) is 11.5. The van der Waals surface area contributed by atoms with Crippen LogP contribution in [0.3, 0.4) is 0 Å². The maximum atomic E-state index is 11.7. The van der Waals surface area contributed by atoms with E-state index >= 15 is 0 Å². The summed E-state index contributed by atoms with van der Waals surface area (Å²) in [5, 5.41) is 20.8. The van der Waals surface area contributed by atoms with Crippen molar-refractivity contribution in [2.45, 2.75) is 38.6 Å². The molecule has 1 aromatic rings. The first-order chi connectivity index (χ1) is 9.44. The van der Waals surface area contributed by atoms with E-state index in [1.54, 1.807) is 24.8 Å². The molecule has 7 nitrogen and oxygen atoms in total. The Morgan fingerprint density at radius 2 is 2.35 bits per heavy atom. The van der Waals surface area contributed by atoms with E-state index in [1.807, 2.05) is 0 Å². The van der Waals surface area contributed by atoms with E-state index in [0.717, 1.165) is 0 Å². The molecule has 20 heavy (non-hydrogen) atoms. The monoisotopic (exact) mass is 279 g/mol. The third kappa shape index (κ3) is 1.99. The van der Waals surface area contributed by atoms with E-state index in [9.17, 15) is 20.0 Å². The Kier molecular flexibility index (Phi) is 3.61. The summed E-state index contributed by atoms with van der Waals surface area (Å²) >= 11 is 0. The molecule has 108 valence electrons. The number of rotatable bonds is 4. The molecule has 2 heterocycles. The van der Waals surface area contributed by atoms with Gasteiger partial charge in [-0.1, -0.05) is 6.92 Å². The zero-order chi connectivity index (χ0) is 14.9. The lowest BCUT2D eigenvalue weighted by Crippen LogP contribution is -2.50. The predicted octanol–water partition coefficient (Wildman–Crippen LogP) is 2.13. The lowest BCUT2D eigenvalue weighted by atomic mass is 9.93. The van der Waals surface area contributed by atoms with Gasteiger partial charge in [0.25, 0.3) is 0 Å². The minimum absolute atomic E-state index is 0.103. The van der Waals surface area contributed by atoms with Gasteiger partial charge in [0.1, 0.15) is 5.54 Å². The molecule has 0 aromatic carbocycles. The van der Waals surface area contributed by atoms with Crippen LogP contribution >= 0.6 is 0 Å². The molecule has 1 aromatic heterocycles. The smallest absolute Gasteiger partial charge is 0.329 e. The number of nitrogens with zero attached hydrogens (tertiary/aromatic N) is 3. The normalized spacial score (nSPS) is 22.0. The van der Waals surface area contributed by atoms with Gasteiger partial charge in [0.15, 0.2) is 0 Å². The second-order valence-corrected chi connectivity index (χ2v) is 5.00. The second kappa shape index (κ2) is 5.07. The highest BCUT2D eigenvalue weighted by Gasteiger charge is 2.48. The summed E-state index contributed by atoms with van der Waals surface area (Å²) in [5.41, 5.74) is -0.707. The van der Waals surface area contributed by atoms with Gasteiger partial charge in [-0.2, -0.15) is 0 Å². The van der Waals surface area contributed by atoms with Crippen LogP contribution in [-0.2, 0) is 4.79 Å². The molecule has 7 heteroatoms. The number of hydrogen-bond donors (Lipinski definition) is 1. The van der Waals surface area contributed by atoms with Crippen LogP contribution in [0.4, 0.5) is 11.5 Å². The minimum atomic E-state index is -1.09. The molecule has 1 aliphatic rings. The lowest BCUT2D eigenvalue weighted by molar-refractivity contribution is -0.384. The highest BCUT2D eigenvalue weighted by atomic mass is 16.6. The molecule has 0 spiro atoms. The van der Waals surface area contributed by atoms with Crippen LogP contribution in [0.25, 0.3) is 0 Å². The molecule has 1 N–H and O–H groups in total. The fourth-order valence-electron chi connectivity index (χ4n) is 2.89. The summed E-state index contributed by atoms with van der Waals surface area (Å²) in [6, 6.07) is 1.56. The van der Waals surface area contributed by atoms with Gasteiger partial charge < -0.3 is 10.0 Å². The van der Waals surface area contributed by atoms with Crippen LogP contribution in [0.2, 0.25) is 0 Å². The van der Waals surface area contributed by atoms with Crippen molar-refractivity contribution in [3.05, 3.63) is 27.9 Å². The summed E-state index contributed by atoms with van der Waals surface area (Å²) in [5.74, 6) is -0.785. The summed E-state index contributed by atoms with van der Waals surface area (Å²) in [6.45, 7) is 3.89. The van der Waals surface area contributed by atoms with Crippen LogP contribution in [0.15, 0.2) is 12.3 Å². The molecule has 1 unspecified atom stereocenters. The maximum Gasteiger partial charge on any atom is 0.329 e. The van der Waals surface area contributed by atoms with Gasteiger partial charge in [0.05, 0.1) is 4.92 Å². The average Bonchev–Trinajstić information content (AvgIpc) is 2.82. The van der Waals surface area contributed by atoms with Gasteiger partial charge in [0, 0.05) is 18.3 Å². The molecular weight excluding hydrogens is 262 g/mol. The zero-order valence-corrected chi connectivity index (χ0v) is 11.5. The van der Waals surface area contributed by atoms with E-state index in [1.165, 1.54) is 6.20 Å². The van der Waals surface area contributed by atoms with E-state index in [-0.39, 0.29) is 11.5 Å². The summed E-state index contributed by atoms with van der Waals surface area (Å²) < 4.78 is 0. The van der Waals surface area contributed by atoms with Crippen molar-refractivity contribution < 1.29 is 14.8 Å². The minimum Gasteiger partial charge on any atom is -0.479 e. The van der Waals surface area contributed by atoms with E-state index in [2.05, 4.69) is 4.98 Å². The number of aryl methyl sites for hydroxylation is 1. The SMILES string of the molecule is CCC1(C(=O)O)CCCN1c1nccc(C)c1[N+](=O)[O-]. The van der Waals surface area contributed by atoms with Crippen molar-refractivity contribution in [2.24, 2.45) is 0 Å². The molecule has 0 aliphatic carbocycles. The topological polar surface area (TPSA) is 96.6 Å². The largest absolute Gasteiger partial charge is 0.479 e. The number of carboxylic acids is 1. The highest BCUT2D eigenvalue weighted by molar-refractivity contribution is 5.85. The second-order valence-electron chi connectivity index (χ2n) is 5.00. The summed E-state index contributed by atoms with van der Waals surface area (Å²) in [4.78, 5) is 28.1. The first-order valence-electron chi connectivity index (χ1n) is 6.55. The Morgan fingerprint density at radius 1 is 1.65 bits per heavy atom. The number of nitro groups is 1. The van der Waals surface area contributed by atoms with Crippen LogP contribution < -0.4 is 4.90 Å². The van der Waals surface area contributed by atoms with Crippen molar-refractivity contribution in [1.29, 1.82) is 0 Å². The standard InChI is InChI=1S/C13H17N3O4/c1-3-13(12(17)18)6-4-8-15(13)11-10(16(19)20)9(2)5-7-14-11/h5,7H,3-4,6,8H2,1-2H3,(H,17,18). The number of carboxylic acid groups (broad SMARTS) is 1. The van der Waals surface area contributed by atoms with Crippen LogP contribution in [0, 0.1) is 17.0 Å². The lowest BCUT2D eigenvalue weighted by Gasteiger charge is -2.34. The van der Waals surface area contributed by atoms with E-state index < -0.39 is 16.4 Å². The molecule has 2 rings (SSSR count). The number of anilines is 1. The average molecular weight is 279 g/mol. The molecule has 1 saturated heterocycles. The van der Waals surface area contributed by atoms with Crippen LogP contribution in [-0.4, -0.2) is 33.1 Å². The van der Waals surface area contributed by atoms with E-state index in [0.29, 0.717) is 31.4 Å². The highest BCUT2D eigenvalue weighted by Crippen LogP contribution is 2.40. The Hall–Kier alpha value is -2.18. The van der Waals surface area contributed by atoms with Gasteiger partial charge >= 0.3 is 11.7 Å². The molecule has 1 aliphatic heterocycles. The third-order valence-electron chi connectivity index (χ3n) is 4.02. The fourth-order valence-corrected chi connectivity index (χ4v) is 2.89. The molecule has 0 bridgehead atoms. The number of carbonyl (C=O) groups is 1. The van der Waals surface area contributed by atoms with Crippen molar-refractivity contribution in [3.8, 4) is 0 Å². The Bertz CT molecular complexity index is 561. The quantitative estimate of drug-likeness (QED) is 0.670. The number of aliphatic carboxylic acids is 1. The van der Waals surface area contributed by atoms with Crippen LogP contribution in [0.5, 0.6) is 0 Å². The van der Waals surface area contributed by atoms with Crippen molar-refractivity contribution >= 4 is 17.5 Å². The molecule has 0 radical (unpaired) electrons. The van der Waals surface area contributed by atoms with Gasteiger partial charge in [0.2, 0.25) is 5.82 Å². The maximum absolute atomic E-state index is 11.7. The van der Waals surface area contributed by atoms with Gasteiger partial charge in [-0.15, -0.1) is 0 Å². The van der Waals surface area contributed by atoms with Gasteiger partial charge in [-0.3, -0.25) is 10.1 Å². The summed E-state index contributed by atoms with van der Waals surface area (Å²) in [7, 11) is 0. The van der Waals surface area contributed by atoms with Gasteiger partial charge in [-0.25, -0.2) is 9.78 Å². The Morgan fingerprint density at radius 3 is 2.90 bits per heavy atom. The molecule has 0 saturated carbocycles.